The third-order valence-electron chi connectivity index (χ3n) is 2.50. The van der Waals surface area contributed by atoms with Gasteiger partial charge in [-0.2, -0.15) is 0 Å². The van der Waals surface area contributed by atoms with E-state index >= 15 is 0 Å². The molecule has 1 unspecified atom stereocenters. The van der Waals surface area contributed by atoms with E-state index in [2.05, 4.69) is 20.9 Å². The van der Waals surface area contributed by atoms with Crippen LogP contribution in [0.1, 0.15) is 16.8 Å². The minimum absolute atomic E-state index is 0.0725. The highest BCUT2D eigenvalue weighted by molar-refractivity contribution is 9.10. The zero-order valence-corrected chi connectivity index (χ0v) is 10.3. The van der Waals surface area contributed by atoms with Crippen LogP contribution >= 0.6 is 15.9 Å². The van der Waals surface area contributed by atoms with E-state index in [9.17, 15) is 9.59 Å². The molecule has 0 aliphatic carbocycles. The largest absolute Gasteiger partial charge is 0.478 e. The topological polar surface area (TPSA) is 96.5 Å². The van der Waals surface area contributed by atoms with Crippen molar-refractivity contribution in [3.63, 3.8) is 0 Å². The number of nitrogens with two attached hydrogens (primary N) is 1. The Morgan fingerprint density at radius 1 is 1.65 bits per heavy atom. The van der Waals surface area contributed by atoms with Gasteiger partial charge in [-0.25, -0.2) is 9.78 Å². The van der Waals surface area contributed by atoms with Gasteiger partial charge in [-0.3, -0.25) is 9.69 Å². The third-order valence-corrected chi connectivity index (χ3v) is 3.13. The van der Waals surface area contributed by atoms with Gasteiger partial charge < -0.3 is 10.8 Å². The molecule has 0 saturated carbocycles. The molecular weight excluding hydrogens is 290 g/mol. The molecular formula is C10H10BrN3O3. The number of carbonyl (C=O) groups excluding carboxylic acids is 1. The first-order chi connectivity index (χ1) is 7.99. The number of hydrogen-bond donors (Lipinski definition) is 2. The number of carbonyl (C=O) groups is 2. The van der Waals surface area contributed by atoms with Gasteiger partial charge in [0.25, 0.3) is 0 Å². The molecule has 2 rings (SSSR count). The van der Waals surface area contributed by atoms with Crippen LogP contribution in [0.25, 0.3) is 0 Å². The van der Waals surface area contributed by atoms with E-state index in [4.69, 9.17) is 10.8 Å². The highest BCUT2D eigenvalue weighted by Crippen LogP contribution is 2.24. The summed E-state index contributed by atoms with van der Waals surface area (Å²) in [5.74, 6) is -0.885. The second-order valence-corrected chi connectivity index (χ2v) is 4.65. The Bertz CT molecular complexity index is 492. The minimum Gasteiger partial charge on any atom is -0.478 e. The summed E-state index contributed by atoms with van der Waals surface area (Å²) in [6, 6.07) is 1.14. The predicted octanol–water partition coefficient (Wildman–Crippen LogP) is 0.606. The van der Waals surface area contributed by atoms with Crippen molar-refractivity contribution in [2.75, 3.05) is 11.4 Å². The Morgan fingerprint density at radius 3 is 2.88 bits per heavy atom. The van der Waals surface area contributed by atoms with Crippen LogP contribution in [0, 0.1) is 0 Å². The van der Waals surface area contributed by atoms with Gasteiger partial charge in [-0.1, -0.05) is 0 Å². The number of aromatic nitrogens is 1. The zero-order valence-electron chi connectivity index (χ0n) is 8.76. The lowest BCUT2D eigenvalue weighted by atomic mass is 10.2. The predicted molar refractivity (Wildman–Crippen MR) is 63.8 cm³/mol. The normalized spacial score (nSPS) is 19.8. The lowest BCUT2D eigenvalue weighted by Crippen LogP contribution is -2.28. The lowest BCUT2D eigenvalue weighted by molar-refractivity contribution is -0.117. The van der Waals surface area contributed by atoms with E-state index in [1.54, 1.807) is 0 Å². The Kier molecular flexibility index (Phi) is 3.12. The van der Waals surface area contributed by atoms with E-state index in [1.165, 1.54) is 17.2 Å². The van der Waals surface area contributed by atoms with Gasteiger partial charge >= 0.3 is 5.97 Å². The van der Waals surface area contributed by atoms with Crippen molar-refractivity contribution in [2.45, 2.75) is 12.5 Å². The fourth-order valence-corrected chi connectivity index (χ4v) is 2.08. The smallest absolute Gasteiger partial charge is 0.337 e. The van der Waals surface area contributed by atoms with Crippen molar-refractivity contribution < 1.29 is 14.7 Å². The number of amides is 1. The molecule has 1 amide bonds. The lowest BCUT2D eigenvalue weighted by Gasteiger charge is -2.15. The fraction of sp³-hybridized carbons (Fsp3) is 0.300. The maximum absolute atomic E-state index is 11.6. The minimum atomic E-state index is -1.07. The molecule has 7 heteroatoms. The summed E-state index contributed by atoms with van der Waals surface area (Å²) in [4.78, 5) is 28.0. The first-order valence-electron chi connectivity index (χ1n) is 4.94. The maximum atomic E-state index is 11.6. The number of rotatable bonds is 2. The summed E-state index contributed by atoms with van der Waals surface area (Å²) in [6.45, 7) is 0.368. The van der Waals surface area contributed by atoms with Gasteiger partial charge in [0.15, 0.2) is 0 Å². The first-order valence-corrected chi connectivity index (χ1v) is 5.73. The molecule has 6 nitrogen and oxygen atoms in total. The monoisotopic (exact) mass is 299 g/mol. The molecule has 0 radical (unpaired) electrons. The van der Waals surface area contributed by atoms with E-state index in [-0.39, 0.29) is 23.9 Å². The van der Waals surface area contributed by atoms with Crippen molar-refractivity contribution in [3.05, 3.63) is 22.3 Å². The van der Waals surface area contributed by atoms with Crippen molar-refractivity contribution in [2.24, 2.45) is 5.73 Å². The number of aromatic carboxylic acids is 1. The van der Waals surface area contributed by atoms with Crippen LogP contribution < -0.4 is 10.6 Å². The van der Waals surface area contributed by atoms with Crippen LogP contribution in [0.3, 0.4) is 0 Å². The van der Waals surface area contributed by atoms with E-state index in [0.717, 1.165) is 0 Å². The van der Waals surface area contributed by atoms with Crippen molar-refractivity contribution in [1.82, 2.24) is 4.98 Å². The molecule has 1 atom stereocenters. The average molecular weight is 300 g/mol. The molecule has 90 valence electrons. The number of anilines is 1. The van der Waals surface area contributed by atoms with Crippen molar-refractivity contribution in [1.29, 1.82) is 0 Å². The van der Waals surface area contributed by atoms with E-state index in [0.29, 0.717) is 16.8 Å². The maximum Gasteiger partial charge on any atom is 0.337 e. The Morgan fingerprint density at radius 2 is 2.35 bits per heavy atom. The van der Waals surface area contributed by atoms with E-state index in [1.807, 2.05) is 0 Å². The molecule has 3 N–H and O–H groups in total. The molecule has 0 spiro atoms. The van der Waals surface area contributed by atoms with E-state index < -0.39 is 5.97 Å². The van der Waals surface area contributed by atoms with Crippen LogP contribution in [-0.2, 0) is 4.79 Å². The summed E-state index contributed by atoms with van der Waals surface area (Å²) in [5.41, 5.74) is 5.74. The second-order valence-electron chi connectivity index (χ2n) is 3.80. The van der Waals surface area contributed by atoms with Gasteiger partial charge in [0, 0.05) is 25.2 Å². The molecule has 1 aliphatic heterocycles. The van der Waals surface area contributed by atoms with Crippen LogP contribution in [0.5, 0.6) is 0 Å². The molecule has 1 aromatic heterocycles. The number of carboxylic acids is 1. The van der Waals surface area contributed by atoms with Crippen LogP contribution in [0.2, 0.25) is 0 Å². The highest BCUT2D eigenvalue weighted by Gasteiger charge is 2.29. The van der Waals surface area contributed by atoms with Crippen LogP contribution in [-0.4, -0.2) is 34.6 Å². The Labute approximate surface area is 106 Å². The van der Waals surface area contributed by atoms with Gasteiger partial charge in [-0.15, -0.1) is 0 Å². The summed E-state index contributed by atoms with van der Waals surface area (Å²) < 4.78 is 0.379. The molecule has 1 aliphatic rings. The number of nitrogens with zero attached hydrogens (tertiary/aromatic N) is 2. The third kappa shape index (κ3) is 2.29. The first kappa shape index (κ1) is 12.0. The number of carboxylic acid groups (broad SMARTS) is 1. The van der Waals surface area contributed by atoms with Gasteiger partial charge in [0.2, 0.25) is 5.91 Å². The fourth-order valence-electron chi connectivity index (χ4n) is 1.70. The SMILES string of the molecule is NC1CC(=O)N(c2cc(C(=O)O)c(Br)cn2)C1. The molecule has 2 heterocycles. The summed E-state index contributed by atoms with van der Waals surface area (Å²) in [6.07, 6.45) is 1.63. The Balaban J connectivity index is 2.37. The molecule has 1 fully saturated rings. The molecule has 0 bridgehead atoms. The summed E-state index contributed by atoms with van der Waals surface area (Å²) in [7, 11) is 0. The molecule has 1 saturated heterocycles. The number of halogens is 1. The number of hydrogen-bond acceptors (Lipinski definition) is 4. The van der Waals surface area contributed by atoms with Crippen LogP contribution in [0.4, 0.5) is 5.82 Å². The quantitative estimate of drug-likeness (QED) is 0.834. The average Bonchev–Trinajstić information content (AvgIpc) is 2.58. The zero-order chi connectivity index (χ0) is 12.6. The van der Waals surface area contributed by atoms with Crippen molar-refractivity contribution >= 4 is 33.6 Å². The van der Waals surface area contributed by atoms with Gasteiger partial charge in [0.05, 0.1) is 10.0 Å². The molecule has 17 heavy (non-hydrogen) atoms. The van der Waals surface area contributed by atoms with Gasteiger partial charge in [0.1, 0.15) is 5.82 Å². The van der Waals surface area contributed by atoms with Crippen LogP contribution in [0.15, 0.2) is 16.7 Å². The summed E-state index contributed by atoms with van der Waals surface area (Å²) >= 11 is 3.10. The second kappa shape index (κ2) is 4.42. The van der Waals surface area contributed by atoms with Gasteiger partial charge in [-0.05, 0) is 22.0 Å². The molecule has 1 aromatic rings. The van der Waals surface area contributed by atoms with Crippen molar-refractivity contribution in [3.8, 4) is 0 Å². The standard InChI is InChI=1S/C10H10BrN3O3/c11-7-3-13-8(2-6(7)10(16)17)14-4-5(12)1-9(14)15/h2-3,5H,1,4,12H2,(H,16,17). The highest BCUT2D eigenvalue weighted by atomic mass is 79.9. The Hall–Kier alpha value is -1.47. The molecule has 0 aromatic carbocycles. The number of pyridine rings is 1. The summed E-state index contributed by atoms with van der Waals surface area (Å²) in [5, 5.41) is 8.96.